The van der Waals surface area contributed by atoms with Crippen molar-refractivity contribution < 1.29 is 9.05 Å². The first-order chi connectivity index (χ1) is 21.0. The van der Waals surface area contributed by atoms with Crippen LogP contribution in [-0.2, 0) is 23.7 Å². The van der Waals surface area contributed by atoms with E-state index in [9.17, 15) is 0 Å². The molecular weight excluding hydrogens is 586 g/mol. The molecule has 0 spiro atoms. The van der Waals surface area contributed by atoms with Crippen LogP contribution < -0.4 is 19.7 Å². The maximum Gasteiger partial charge on any atom is 0.127 e. The van der Waals surface area contributed by atoms with Crippen molar-refractivity contribution in [1.29, 1.82) is 0 Å². The Bertz CT molecular complexity index is 1550. The zero-order valence-electron chi connectivity index (χ0n) is 29.4. The quantitative estimate of drug-likeness (QED) is 0.161. The van der Waals surface area contributed by atoms with Gasteiger partial charge in [-0.25, -0.2) is 0 Å². The highest BCUT2D eigenvalue weighted by Crippen LogP contribution is 2.37. The fraction of sp³-hybridized carbons (Fsp3) is 0.415. The lowest BCUT2D eigenvalue weighted by atomic mass is 9.82. The minimum absolute atomic E-state index is 0.0165. The highest BCUT2D eigenvalue weighted by Gasteiger charge is 2.22. The zero-order valence-corrected chi connectivity index (χ0v) is 31.4. The molecule has 0 aliphatic heterocycles. The zero-order chi connectivity index (χ0) is 33.0. The summed E-state index contributed by atoms with van der Waals surface area (Å²) in [5.74, 6) is 2.57. The van der Waals surface area contributed by atoms with Crippen molar-refractivity contribution in [3.05, 3.63) is 107 Å². The fourth-order valence-electron chi connectivity index (χ4n) is 5.41. The molecule has 2 unspecified atom stereocenters. The topological polar surface area (TPSA) is 18.5 Å². The summed E-state index contributed by atoms with van der Waals surface area (Å²) < 4.78 is 12.8. The molecule has 0 saturated carbocycles. The normalized spacial score (nSPS) is 13.0. The third-order valence-electron chi connectivity index (χ3n) is 7.80. The van der Waals surface area contributed by atoms with E-state index in [1.54, 1.807) is 0 Å². The first-order valence-electron chi connectivity index (χ1n) is 16.3. The number of hydrogen-bond acceptors (Lipinski definition) is 2. The van der Waals surface area contributed by atoms with Crippen LogP contribution in [0.1, 0.15) is 98.4 Å². The largest absolute Gasteiger partial charge is 0.472 e. The molecular formula is C41H54O2P2. The highest BCUT2D eigenvalue weighted by molar-refractivity contribution is 7.42. The van der Waals surface area contributed by atoms with E-state index in [0.29, 0.717) is 5.92 Å². The van der Waals surface area contributed by atoms with Gasteiger partial charge >= 0.3 is 0 Å². The summed E-state index contributed by atoms with van der Waals surface area (Å²) in [5.41, 5.74) is 8.12. The standard InChI is InChI=1S/C41H54O2P2/c1-28(2)24-32-26-33(40(6,7)8)17-23-37(32)42-44-34-18-13-30(14-19-34)31-15-20-35(21-16-31)45-43-38-22-12-29(27-39(3,4)5)25-36(38)41(9,10)11/h12-23,25-26,28,44-45H,24,27H2,1-11H3. The van der Waals surface area contributed by atoms with E-state index in [-0.39, 0.29) is 33.9 Å². The van der Waals surface area contributed by atoms with Crippen LogP contribution in [0.15, 0.2) is 84.9 Å². The molecule has 2 atom stereocenters. The third kappa shape index (κ3) is 10.4. The molecule has 4 aromatic rings. The Kier molecular flexibility index (Phi) is 11.3. The van der Waals surface area contributed by atoms with Gasteiger partial charge in [0.15, 0.2) is 0 Å². The van der Waals surface area contributed by atoms with Crippen molar-refractivity contribution in [1.82, 2.24) is 0 Å². The van der Waals surface area contributed by atoms with Gasteiger partial charge in [-0.1, -0.05) is 149 Å². The molecule has 2 nitrogen and oxygen atoms in total. The van der Waals surface area contributed by atoms with Gasteiger partial charge in [-0.05, 0) is 75.0 Å². The van der Waals surface area contributed by atoms with E-state index < -0.39 is 0 Å². The summed E-state index contributed by atoms with van der Waals surface area (Å²) in [6.45, 7) is 25.0. The van der Waals surface area contributed by atoms with Crippen LogP contribution in [0.2, 0.25) is 0 Å². The predicted molar refractivity (Wildman–Crippen MR) is 201 cm³/mol. The van der Waals surface area contributed by atoms with Crippen molar-refractivity contribution in [2.24, 2.45) is 11.3 Å². The van der Waals surface area contributed by atoms with Gasteiger partial charge in [0.1, 0.15) is 29.1 Å². The van der Waals surface area contributed by atoms with Crippen molar-refractivity contribution >= 4 is 28.2 Å². The molecule has 240 valence electrons. The summed E-state index contributed by atoms with van der Waals surface area (Å²) in [7, 11) is 0.530. The van der Waals surface area contributed by atoms with Gasteiger partial charge < -0.3 is 9.05 Å². The van der Waals surface area contributed by atoms with Crippen LogP contribution in [0.4, 0.5) is 0 Å². The van der Waals surface area contributed by atoms with E-state index in [2.05, 4.69) is 161 Å². The summed E-state index contributed by atoms with van der Waals surface area (Å²) in [6, 6.07) is 31.0. The van der Waals surface area contributed by atoms with Gasteiger partial charge in [-0.3, -0.25) is 0 Å². The highest BCUT2D eigenvalue weighted by atomic mass is 31.1. The van der Waals surface area contributed by atoms with Gasteiger partial charge in [0.2, 0.25) is 0 Å². The maximum atomic E-state index is 6.43. The average molecular weight is 641 g/mol. The Morgan fingerprint density at radius 1 is 0.578 bits per heavy atom. The van der Waals surface area contributed by atoms with Crippen LogP contribution >= 0.6 is 17.6 Å². The fourth-order valence-corrected chi connectivity index (χ4v) is 6.85. The minimum atomic E-state index is 0.0165. The smallest absolute Gasteiger partial charge is 0.127 e. The lowest BCUT2D eigenvalue weighted by molar-refractivity contribution is 0.410. The van der Waals surface area contributed by atoms with Crippen molar-refractivity contribution in [2.75, 3.05) is 0 Å². The van der Waals surface area contributed by atoms with E-state index in [4.69, 9.17) is 9.05 Å². The van der Waals surface area contributed by atoms with Crippen molar-refractivity contribution in [2.45, 2.75) is 99.8 Å². The molecule has 4 heteroatoms. The molecule has 45 heavy (non-hydrogen) atoms. The van der Waals surface area contributed by atoms with Crippen molar-refractivity contribution in [3.8, 4) is 22.6 Å². The van der Waals surface area contributed by atoms with Gasteiger partial charge in [0, 0.05) is 16.2 Å². The second kappa shape index (κ2) is 14.4. The SMILES string of the molecule is CC(C)Cc1cc(C(C)(C)C)ccc1OPc1ccc(-c2ccc(POc3ccc(CC(C)(C)C)cc3C(C)(C)C)cc2)cc1. The average Bonchev–Trinajstić information content (AvgIpc) is 2.94. The molecule has 0 heterocycles. The van der Waals surface area contributed by atoms with E-state index in [1.807, 2.05) is 0 Å². The molecule has 0 bridgehead atoms. The Morgan fingerprint density at radius 3 is 1.56 bits per heavy atom. The maximum absolute atomic E-state index is 6.43. The molecule has 0 N–H and O–H groups in total. The monoisotopic (exact) mass is 640 g/mol. The summed E-state index contributed by atoms with van der Waals surface area (Å²) in [6.07, 6.45) is 2.07. The molecule has 4 rings (SSSR count). The minimum Gasteiger partial charge on any atom is -0.472 e. The van der Waals surface area contributed by atoms with Crippen LogP contribution in [0.5, 0.6) is 11.5 Å². The summed E-state index contributed by atoms with van der Waals surface area (Å²) in [4.78, 5) is 0. The lowest BCUT2D eigenvalue weighted by Crippen LogP contribution is -2.15. The third-order valence-corrected chi connectivity index (χ3v) is 9.58. The Labute approximate surface area is 277 Å². The summed E-state index contributed by atoms with van der Waals surface area (Å²) >= 11 is 0. The Hall–Kier alpha value is -2.66. The molecule has 0 aromatic heterocycles. The molecule has 4 aromatic carbocycles. The molecule has 0 aliphatic carbocycles. The van der Waals surface area contributed by atoms with Gasteiger partial charge in [-0.15, -0.1) is 0 Å². The summed E-state index contributed by atoms with van der Waals surface area (Å²) in [5, 5.41) is 2.39. The van der Waals surface area contributed by atoms with E-state index >= 15 is 0 Å². The van der Waals surface area contributed by atoms with Gasteiger partial charge in [0.05, 0.1) is 0 Å². The van der Waals surface area contributed by atoms with Crippen LogP contribution in [0.3, 0.4) is 0 Å². The van der Waals surface area contributed by atoms with Gasteiger partial charge in [0.25, 0.3) is 0 Å². The Morgan fingerprint density at radius 2 is 1.09 bits per heavy atom. The van der Waals surface area contributed by atoms with Gasteiger partial charge in [-0.2, -0.15) is 0 Å². The second-order valence-corrected chi connectivity index (χ2v) is 18.0. The molecule has 0 radical (unpaired) electrons. The molecule has 0 aliphatic rings. The Balaban J connectivity index is 1.39. The molecule has 0 amide bonds. The first kappa shape index (κ1) is 35.2. The number of rotatable bonds is 10. The molecule has 0 fully saturated rings. The molecule has 0 saturated heterocycles. The van der Waals surface area contributed by atoms with Crippen LogP contribution in [-0.4, -0.2) is 0 Å². The van der Waals surface area contributed by atoms with E-state index in [0.717, 1.165) is 24.3 Å². The van der Waals surface area contributed by atoms with Crippen LogP contribution in [0, 0.1) is 11.3 Å². The second-order valence-electron chi connectivity index (χ2n) is 16.1. The predicted octanol–water partition coefficient (Wildman–Crippen LogP) is 11.3. The first-order valence-corrected chi connectivity index (χ1v) is 18.1. The lowest BCUT2D eigenvalue weighted by Gasteiger charge is -2.25. The van der Waals surface area contributed by atoms with E-state index in [1.165, 1.54) is 44.0 Å². The van der Waals surface area contributed by atoms with Crippen LogP contribution in [0.25, 0.3) is 11.1 Å². The number of hydrogen-bond donors (Lipinski definition) is 0. The number of benzene rings is 4. The van der Waals surface area contributed by atoms with Crippen molar-refractivity contribution in [3.63, 3.8) is 0 Å².